The third-order valence-electron chi connectivity index (χ3n) is 5.88. The van der Waals surface area contributed by atoms with E-state index in [1.54, 1.807) is 0 Å². The second-order valence-corrected chi connectivity index (χ2v) is 10.1. The van der Waals surface area contributed by atoms with Crippen molar-refractivity contribution in [3.8, 4) is 0 Å². The van der Waals surface area contributed by atoms with E-state index in [0.717, 1.165) is 48.8 Å². The van der Waals surface area contributed by atoms with Crippen LogP contribution >= 0.6 is 11.6 Å². The van der Waals surface area contributed by atoms with E-state index in [4.69, 9.17) is 16.6 Å². The quantitative estimate of drug-likeness (QED) is 0.541. The van der Waals surface area contributed by atoms with Gasteiger partial charge in [0.1, 0.15) is 5.82 Å². The van der Waals surface area contributed by atoms with Gasteiger partial charge in [-0.1, -0.05) is 41.9 Å². The molecule has 3 aromatic rings. The maximum atomic E-state index is 6.05. The highest BCUT2D eigenvalue weighted by molar-refractivity contribution is 6.30. The molecule has 1 fully saturated rings. The predicted molar refractivity (Wildman–Crippen MR) is 133 cm³/mol. The zero-order valence-corrected chi connectivity index (χ0v) is 19.8. The van der Waals surface area contributed by atoms with Gasteiger partial charge in [0, 0.05) is 60.4 Å². The molecular formula is C26H33ClN4. The maximum Gasteiger partial charge on any atom is 0.131 e. The van der Waals surface area contributed by atoms with Crippen LogP contribution in [-0.4, -0.2) is 36.7 Å². The first kappa shape index (κ1) is 21.9. The fourth-order valence-corrected chi connectivity index (χ4v) is 4.55. The molecule has 31 heavy (non-hydrogen) atoms. The Hall–Kier alpha value is -2.30. The number of aromatic nitrogens is 1. The number of nitrogens with zero attached hydrogens (tertiary/aromatic N) is 3. The molecule has 1 saturated heterocycles. The van der Waals surface area contributed by atoms with Gasteiger partial charge < -0.3 is 15.1 Å². The monoisotopic (exact) mass is 436 g/mol. The topological polar surface area (TPSA) is 31.4 Å². The van der Waals surface area contributed by atoms with Gasteiger partial charge >= 0.3 is 0 Å². The van der Waals surface area contributed by atoms with E-state index < -0.39 is 0 Å². The SMILES string of the molecule is CN(Cc1ccc(Cl)cc1)c1cc(N2CCC(NC(C)(C)C)CC2)c2ccccc2n1. The number of piperidine rings is 1. The molecule has 0 saturated carbocycles. The fourth-order valence-electron chi connectivity index (χ4n) is 4.42. The maximum absolute atomic E-state index is 6.05. The Balaban J connectivity index is 1.57. The van der Waals surface area contributed by atoms with Crippen molar-refractivity contribution in [3.05, 3.63) is 65.2 Å². The van der Waals surface area contributed by atoms with Crippen LogP contribution in [-0.2, 0) is 6.54 Å². The highest BCUT2D eigenvalue weighted by atomic mass is 35.5. The standard InChI is InChI=1S/C26H33ClN4/c1-26(2,3)29-21-13-15-31(16-14-21)24-17-25(28-23-8-6-5-7-22(23)24)30(4)18-19-9-11-20(27)12-10-19/h5-12,17,21,29H,13-16,18H2,1-4H3. The van der Waals surface area contributed by atoms with Gasteiger partial charge in [-0.25, -0.2) is 4.98 Å². The second-order valence-electron chi connectivity index (χ2n) is 9.65. The zero-order valence-electron chi connectivity index (χ0n) is 19.0. The third kappa shape index (κ3) is 5.50. The lowest BCUT2D eigenvalue weighted by atomic mass is 9.99. The van der Waals surface area contributed by atoms with Gasteiger partial charge in [0.25, 0.3) is 0 Å². The highest BCUT2D eigenvalue weighted by Crippen LogP contribution is 2.32. The lowest BCUT2D eigenvalue weighted by Crippen LogP contribution is -2.49. The molecule has 164 valence electrons. The number of hydrogen-bond acceptors (Lipinski definition) is 4. The number of fused-ring (bicyclic) bond motifs is 1. The molecule has 1 N–H and O–H groups in total. The van der Waals surface area contributed by atoms with Crippen molar-refractivity contribution < 1.29 is 0 Å². The van der Waals surface area contributed by atoms with Crippen LogP contribution in [0.1, 0.15) is 39.2 Å². The molecule has 0 radical (unpaired) electrons. The average molecular weight is 437 g/mol. The van der Waals surface area contributed by atoms with Crippen LogP contribution in [0, 0.1) is 0 Å². The molecule has 2 heterocycles. The molecule has 4 rings (SSSR count). The summed E-state index contributed by atoms with van der Waals surface area (Å²) in [5.74, 6) is 0.999. The van der Waals surface area contributed by atoms with E-state index in [1.807, 2.05) is 12.1 Å². The summed E-state index contributed by atoms with van der Waals surface area (Å²) in [5, 5.41) is 5.77. The average Bonchev–Trinajstić information content (AvgIpc) is 2.74. The largest absolute Gasteiger partial charge is 0.371 e. The zero-order chi connectivity index (χ0) is 22.0. The fraction of sp³-hybridized carbons (Fsp3) is 0.423. The molecule has 5 heteroatoms. The van der Waals surface area contributed by atoms with Crippen molar-refractivity contribution in [2.75, 3.05) is 29.9 Å². The summed E-state index contributed by atoms with van der Waals surface area (Å²) in [6.07, 6.45) is 2.31. The Morgan fingerprint density at radius 1 is 1.06 bits per heavy atom. The minimum atomic E-state index is 0.160. The van der Waals surface area contributed by atoms with Crippen molar-refractivity contribution in [1.82, 2.24) is 10.3 Å². The molecule has 1 aliphatic heterocycles. The van der Waals surface area contributed by atoms with Gasteiger partial charge in [-0.3, -0.25) is 0 Å². The normalized spacial score (nSPS) is 15.5. The van der Waals surface area contributed by atoms with Crippen molar-refractivity contribution in [2.45, 2.75) is 51.7 Å². The molecule has 2 aromatic carbocycles. The Morgan fingerprint density at radius 2 is 1.74 bits per heavy atom. The Labute approximate surface area is 191 Å². The number of benzene rings is 2. The number of pyridine rings is 1. The predicted octanol–water partition coefficient (Wildman–Crippen LogP) is 5.88. The van der Waals surface area contributed by atoms with Crippen LogP contribution in [0.2, 0.25) is 5.02 Å². The van der Waals surface area contributed by atoms with E-state index in [-0.39, 0.29) is 5.54 Å². The van der Waals surface area contributed by atoms with Crippen LogP contribution in [0.4, 0.5) is 11.5 Å². The van der Waals surface area contributed by atoms with Crippen molar-refractivity contribution in [2.24, 2.45) is 0 Å². The van der Waals surface area contributed by atoms with Crippen LogP contribution in [0.3, 0.4) is 0 Å². The number of para-hydroxylation sites is 1. The van der Waals surface area contributed by atoms with E-state index in [0.29, 0.717) is 6.04 Å². The van der Waals surface area contributed by atoms with Crippen LogP contribution in [0.25, 0.3) is 10.9 Å². The summed E-state index contributed by atoms with van der Waals surface area (Å²) in [7, 11) is 2.11. The molecule has 1 aromatic heterocycles. The lowest BCUT2D eigenvalue weighted by Gasteiger charge is -2.38. The second kappa shape index (κ2) is 9.05. The summed E-state index contributed by atoms with van der Waals surface area (Å²) < 4.78 is 0. The smallest absolute Gasteiger partial charge is 0.131 e. The first-order valence-corrected chi connectivity index (χ1v) is 11.5. The van der Waals surface area contributed by atoms with Gasteiger partial charge in [-0.2, -0.15) is 0 Å². The van der Waals surface area contributed by atoms with Crippen molar-refractivity contribution in [1.29, 1.82) is 0 Å². The molecule has 4 nitrogen and oxygen atoms in total. The summed E-state index contributed by atoms with van der Waals surface area (Å²) in [5.41, 5.74) is 3.72. The molecule has 1 aliphatic rings. The third-order valence-corrected chi connectivity index (χ3v) is 6.13. The molecule has 0 bridgehead atoms. The summed E-state index contributed by atoms with van der Waals surface area (Å²) in [6, 6.07) is 19.4. The number of hydrogen-bond donors (Lipinski definition) is 1. The highest BCUT2D eigenvalue weighted by Gasteiger charge is 2.24. The molecule has 0 atom stereocenters. The summed E-state index contributed by atoms with van der Waals surface area (Å²) in [6.45, 7) is 9.65. The molecular weight excluding hydrogens is 404 g/mol. The van der Waals surface area contributed by atoms with E-state index in [9.17, 15) is 0 Å². The van der Waals surface area contributed by atoms with Crippen LogP contribution < -0.4 is 15.1 Å². The number of nitrogens with one attached hydrogen (secondary N) is 1. The van der Waals surface area contributed by atoms with Crippen molar-refractivity contribution in [3.63, 3.8) is 0 Å². The molecule has 0 unspecified atom stereocenters. The lowest BCUT2D eigenvalue weighted by molar-refractivity contribution is 0.317. The summed E-state index contributed by atoms with van der Waals surface area (Å²) >= 11 is 6.05. The minimum absolute atomic E-state index is 0.160. The van der Waals surface area contributed by atoms with E-state index >= 15 is 0 Å². The summed E-state index contributed by atoms with van der Waals surface area (Å²) in [4.78, 5) is 9.72. The van der Waals surface area contributed by atoms with Gasteiger partial charge in [-0.05, 0) is 57.4 Å². The minimum Gasteiger partial charge on any atom is -0.371 e. The van der Waals surface area contributed by atoms with Crippen LogP contribution in [0.15, 0.2) is 54.6 Å². The Morgan fingerprint density at radius 3 is 2.42 bits per heavy atom. The van der Waals surface area contributed by atoms with E-state index in [1.165, 1.54) is 16.6 Å². The first-order valence-electron chi connectivity index (χ1n) is 11.2. The first-order chi connectivity index (χ1) is 14.8. The van der Waals surface area contributed by atoms with Gasteiger partial charge in [0.05, 0.1) is 5.52 Å². The van der Waals surface area contributed by atoms with Gasteiger partial charge in [0.2, 0.25) is 0 Å². The Kier molecular flexibility index (Phi) is 6.40. The molecule has 0 spiro atoms. The van der Waals surface area contributed by atoms with Crippen molar-refractivity contribution >= 4 is 34.0 Å². The van der Waals surface area contributed by atoms with Crippen LogP contribution in [0.5, 0.6) is 0 Å². The van der Waals surface area contributed by atoms with Gasteiger partial charge in [-0.15, -0.1) is 0 Å². The van der Waals surface area contributed by atoms with Gasteiger partial charge in [0.15, 0.2) is 0 Å². The number of rotatable bonds is 5. The number of anilines is 2. The number of halogens is 1. The molecule has 0 amide bonds. The molecule has 0 aliphatic carbocycles. The van der Waals surface area contributed by atoms with E-state index in [2.05, 4.69) is 85.4 Å². The Bertz CT molecular complexity index is 1020.